The quantitative estimate of drug-likeness (QED) is 0.283. The lowest BCUT2D eigenvalue weighted by atomic mass is 9.93. The zero-order chi connectivity index (χ0) is 32.5. The Morgan fingerprint density at radius 3 is 1.51 bits per heavy atom. The van der Waals surface area contributed by atoms with Crippen LogP contribution in [-0.4, -0.2) is 0 Å². The van der Waals surface area contributed by atoms with E-state index in [1.807, 2.05) is 54.6 Å². The summed E-state index contributed by atoms with van der Waals surface area (Å²) in [7, 11) is 0. The van der Waals surface area contributed by atoms with Gasteiger partial charge in [0.1, 0.15) is 0 Å². The summed E-state index contributed by atoms with van der Waals surface area (Å²) in [6.07, 6.45) is 3.12. The first-order valence-electron chi connectivity index (χ1n) is 15.8. The zero-order valence-electron chi connectivity index (χ0n) is 27.9. The highest BCUT2D eigenvalue weighted by atomic mass is 16.7. The van der Waals surface area contributed by atoms with Crippen LogP contribution < -0.4 is 9.47 Å². The lowest BCUT2D eigenvalue weighted by Crippen LogP contribution is -2.11. The second-order valence-electron chi connectivity index (χ2n) is 13.2. The molecule has 1 heterocycles. The minimum Gasteiger partial charge on any atom is -0.447 e. The first-order valence-corrected chi connectivity index (χ1v) is 15.8. The number of benzene rings is 3. The summed E-state index contributed by atoms with van der Waals surface area (Å²) in [6, 6.07) is 17.9. The highest BCUT2D eigenvalue weighted by Crippen LogP contribution is 2.41. The van der Waals surface area contributed by atoms with Crippen LogP contribution in [0, 0.1) is 70.0 Å². The number of hydrogen-bond acceptors (Lipinski definition) is 2. The van der Waals surface area contributed by atoms with Gasteiger partial charge in [0.2, 0.25) is 0 Å². The van der Waals surface area contributed by atoms with Gasteiger partial charge in [-0.05, 0) is 96.8 Å². The number of unbranched alkanes of at least 4 members (excludes halogenated alkanes) is 2. The van der Waals surface area contributed by atoms with Crippen LogP contribution in [0.15, 0.2) is 54.6 Å². The van der Waals surface area contributed by atoms with Crippen LogP contribution in [-0.2, 0) is 0 Å². The Labute approximate surface area is 271 Å². The molecule has 0 aliphatic carbocycles. The first kappa shape index (κ1) is 33.0. The van der Waals surface area contributed by atoms with Crippen LogP contribution in [0.2, 0.25) is 0 Å². The summed E-state index contributed by atoms with van der Waals surface area (Å²) in [5.74, 6) is 35.0. The van der Waals surface area contributed by atoms with Gasteiger partial charge in [-0.25, -0.2) is 0 Å². The molecule has 45 heavy (non-hydrogen) atoms. The van der Waals surface area contributed by atoms with E-state index in [0.717, 1.165) is 64.6 Å². The van der Waals surface area contributed by atoms with Gasteiger partial charge in [-0.1, -0.05) is 85.2 Å². The Bertz CT molecular complexity index is 1800. The minimum atomic E-state index is -0.633. The van der Waals surface area contributed by atoms with Crippen LogP contribution in [0.5, 0.6) is 11.5 Å². The van der Waals surface area contributed by atoms with E-state index >= 15 is 0 Å². The van der Waals surface area contributed by atoms with Gasteiger partial charge in [0.25, 0.3) is 6.29 Å². The average molecular weight is 591 g/mol. The molecule has 0 unspecified atom stereocenters. The van der Waals surface area contributed by atoms with Gasteiger partial charge in [-0.3, -0.25) is 0 Å². The van der Waals surface area contributed by atoms with Crippen LogP contribution in [0.25, 0.3) is 0 Å². The smallest absolute Gasteiger partial charge is 0.269 e. The summed E-state index contributed by atoms with van der Waals surface area (Å²) in [6.45, 7) is 16.9. The summed E-state index contributed by atoms with van der Waals surface area (Å²) in [5.41, 5.74) is 5.55. The number of para-hydroxylation sites is 2. The highest BCUT2D eigenvalue weighted by molar-refractivity contribution is 5.61. The number of fused-ring (bicyclic) bond motifs is 1. The molecule has 0 N–H and O–H groups in total. The number of rotatable bonds is 3. The van der Waals surface area contributed by atoms with Crippen molar-refractivity contribution in [3.05, 3.63) is 93.5 Å². The van der Waals surface area contributed by atoms with Crippen molar-refractivity contribution in [1.29, 1.82) is 0 Å². The van der Waals surface area contributed by atoms with Gasteiger partial charge in [0.05, 0.1) is 0 Å². The van der Waals surface area contributed by atoms with Gasteiger partial charge >= 0.3 is 0 Å². The molecule has 0 saturated carbocycles. The van der Waals surface area contributed by atoms with Crippen LogP contribution in [0.4, 0.5) is 0 Å². The molecule has 2 nitrogen and oxygen atoms in total. The van der Waals surface area contributed by atoms with Crippen molar-refractivity contribution in [2.24, 2.45) is 10.8 Å². The molecular weight excluding hydrogens is 548 g/mol. The van der Waals surface area contributed by atoms with Crippen molar-refractivity contribution < 1.29 is 9.47 Å². The molecule has 1 aliphatic heterocycles. The fourth-order valence-electron chi connectivity index (χ4n) is 4.23. The van der Waals surface area contributed by atoms with Crippen LogP contribution in [0.1, 0.15) is 126 Å². The summed E-state index contributed by atoms with van der Waals surface area (Å²) in [5, 5.41) is 0. The molecule has 0 radical (unpaired) electrons. The highest BCUT2D eigenvalue weighted by Gasteiger charge is 2.28. The largest absolute Gasteiger partial charge is 0.447 e. The lowest BCUT2D eigenvalue weighted by molar-refractivity contribution is 0.0485. The van der Waals surface area contributed by atoms with Crippen molar-refractivity contribution in [3.63, 3.8) is 0 Å². The van der Waals surface area contributed by atoms with Gasteiger partial charge in [-0.15, -0.1) is 0 Å². The molecule has 0 amide bonds. The predicted octanol–water partition coefficient (Wildman–Crippen LogP) is 9.65. The van der Waals surface area contributed by atoms with E-state index in [4.69, 9.17) is 9.47 Å². The Balaban J connectivity index is 1.88. The van der Waals surface area contributed by atoms with E-state index in [0.29, 0.717) is 11.5 Å². The van der Waals surface area contributed by atoms with E-state index in [1.165, 1.54) is 0 Å². The molecule has 0 saturated heterocycles. The van der Waals surface area contributed by atoms with Crippen molar-refractivity contribution in [3.8, 4) is 70.7 Å². The summed E-state index contributed by atoms with van der Waals surface area (Å²) in [4.78, 5) is 0. The molecule has 1 aliphatic rings. The maximum Gasteiger partial charge on any atom is 0.269 e. The standard InChI is InChI=1S/C43H42O2/c1-9-11-13-17-32-27-33(18-14-12-10-2)29-34(28-32)21-22-35-30-37(24-26-43(6,7)8)38(31-36(35)23-25-42(3,4)5)41-44-39-19-15-16-20-40(39)45-41/h15-16,19-20,27-31,41H,9-12H2,1-8H3. The Kier molecular flexibility index (Phi) is 10.8. The molecule has 0 fully saturated rings. The number of ether oxygens (including phenoxy) is 2. The molecular formula is C43H42O2. The molecule has 2 heteroatoms. The van der Waals surface area contributed by atoms with Gasteiger partial charge in [0, 0.05) is 62.6 Å². The van der Waals surface area contributed by atoms with Crippen LogP contribution in [0.3, 0.4) is 0 Å². The third-order valence-corrected chi connectivity index (χ3v) is 6.40. The second-order valence-corrected chi connectivity index (χ2v) is 13.2. The Morgan fingerprint density at radius 2 is 1.02 bits per heavy atom. The van der Waals surface area contributed by atoms with Crippen molar-refractivity contribution >= 4 is 0 Å². The molecule has 0 aromatic heterocycles. The fraction of sp³-hybridized carbons (Fsp3) is 0.349. The Hall–Kier alpha value is -4.94. The lowest BCUT2D eigenvalue weighted by Gasteiger charge is -2.15. The third kappa shape index (κ3) is 10.1. The maximum atomic E-state index is 6.24. The van der Waals surface area contributed by atoms with E-state index < -0.39 is 6.29 Å². The number of hydrogen-bond donors (Lipinski definition) is 0. The third-order valence-electron chi connectivity index (χ3n) is 6.40. The first-order chi connectivity index (χ1) is 21.4. The van der Waals surface area contributed by atoms with Crippen molar-refractivity contribution in [2.45, 2.75) is 87.4 Å². The molecule has 0 bridgehead atoms. The molecule has 3 aromatic rings. The van der Waals surface area contributed by atoms with Crippen LogP contribution >= 0.6 is 0 Å². The SMILES string of the molecule is CCCC#Cc1cc(C#CCCC)cc(C#Cc2cc(C#CC(C)(C)C)c(C3Oc4ccccc4O3)cc2C#CC(C)(C)C)c1. The predicted molar refractivity (Wildman–Crippen MR) is 186 cm³/mol. The molecule has 3 aromatic carbocycles. The molecule has 0 atom stereocenters. The summed E-state index contributed by atoms with van der Waals surface area (Å²) < 4.78 is 12.5. The van der Waals surface area contributed by atoms with Gasteiger partial charge in [-0.2, -0.15) is 0 Å². The monoisotopic (exact) mass is 590 g/mol. The molecule has 226 valence electrons. The normalized spacial score (nSPS) is 11.7. The zero-order valence-corrected chi connectivity index (χ0v) is 27.9. The fourth-order valence-corrected chi connectivity index (χ4v) is 4.23. The van der Waals surface area contributed by atoms with Gasteiger partial charge < -0.3 is 9.47 Å². The Morgan fingerprint density at radius 1 is 0.556 bits per heavy atom. The minimum absolute atomic E-state index is 0.191. The van der Waals surface area contributed by atoms with E-state index in [1.54, 1.807) is 0 Å². The second kappa shape index (κ2) is 14.7. The topological polar surface area (TPSA) is 18.5 Å². The average Bonchev–Trinajstić information content (AvgIpc) is 3.42. The summed E-state index contributed by atoms with van der Waals surface area (Å²) >= 11 is 0. The van der Waals surface area contributed by atoms with E-state index in [9.17, 15) is 0 Å². The van der Waals surface area contributed by atoms with E-state index in [2.05, 4.69) is 115 Å². The van der Waals surface area contributed by atoms with Gasteiger partial charge in [0.15, 0.2) is 11.5 Å². The van der Waals surface area contributed by atoms with Crippen molar-refractivity contribution in [1.82, 2.24) is 0 Å². The maximum absolute atomic E-state index is 6.24. The molecule has 4 rings (SSSR count). The molecule has 0 spiro atoms. The van der Waals surface area contributed by atoms with E-state index in [-0.39, 0.29) is 10.8 Å². The van der Waals surface area contributed by atoms with Crippen molar-refractivity contribution in [2.75, 3.05) is 0 Å².